The van der Waals surface area contributed by atoms with E-state index in [9.17, 15) is 9.59 Å². The van der Waals surface area contributed by atoms with Gasteiger partial charge in [0.25, 0.3) is 5.91 Å². The van der Waals surface area contributed by atoms with Crippen molar-refractivity contribution in [1.82, 2.24) is 10.6 Å². The highest BCUT2D eigenvalue weighted by atomic mass is 16.5. The summed E-state index contributed by atoms with van der Waals surface area (Å²) in [5, 5.41) is 5.65. The van der Waals surface area contributed by atoms with Gasteiger partial charge in [-0.3, -0.25) is 9.59 Å². The maximum atomic E-state index is 12.0. The Labute approximate surface area is 112 Å². The van der Waals surface area contributed by atoms with Crippen LogP contribution in [-0.2, 0) is 4.79 Å². The molecule has 5 heteroatoms. The standard InChI is InChI=1S/C14H18N2O3/c1-2-19-12-6-3-10(4-7-12)14(18)16-11-5-8-13(17)15-9-11/h3-4,6-7,11H,2,5,8-9H2,1H3,(H,15,17)(H,16,18). The smallest absolute Gasteiger partial charge is 0.251 e. The molecule has 2 N–H and O–H groups in total. The lowest BCUT2D eigenvalue weighted by atomic mass is 10.1. The van der Waals surface area contributed by atoms with Crippen molar-refractivity contribution in [2.45, 2.75) is 25.8 Å². The molecule has 1 saturated heterocycles. The Hall–Kier alpha value is -2.04. The average Bonchev–Trinajstić information content (AvgIpc) is 2.42. The maximum Gasteiger partial charge on any atom is 0.251 e. The van der Waals surface area contributed by atoms with E-state index < -0.39 is 0 Å². The minimum atomic E-state index is -0.121. The van der Waals surface area contributed by atoms with E-state index in [1.54, 1.807) is 24.3 Å². The zero-order valence-electron chi connectivity index (χ0n) is 10.9. The fourth-order valence-electron chi connectivity index (χ4n) is 1.99. The van der Waals surface area contributed by atoms with Crippen LogP contribution in [-0.4, -0.2) is 31.0 Å². The SMILES string of the molecule is CCOc1ccc(C(=O)NC2CCC(=O)NC2)cc1. The second kappa shape index (κ2) is 6.22. The van der Waals surface area contributed by atoms with Crippen molar-refractivity contribution in [1.29, 1.82) is 0 Å². The van der Waals surface area contributed by atoms with Crippen LogP contribution in [0.3, 0.4) is 0 Å². The number of carbonyl (C=O) groups excluding carboxylic acids is 2. The number of rotatable bonds is 4. The van der Waals surface area contributed by atoms with Gasteiger partial charge in [0, 0.05) is 24.6 Å². The maximum absolute atomic E-state index is 12.0. The minimum Gasteiger partial charge on any atom is -0.494 e. The summed E-state index contributed by atoms with van der Waals surface area (Å²) in [6.07, 6.45) is 1.16. The Morgan fingerprint density at radius 1 is 1.42 bits per heavy atom. The third kappa shape index (κ3) is 3.71. The van der Waals surface area contributed by atoms with Gasteiger partial charge in [-0.15, -0.1) is 0 Å². The predicted octanol–water partition coefficient (Wildman–Crippen LogP) is 1.09. The number of hydrogen-bond acceptors (Lipinski definition) is 3. The van der Waals surface area contributed by atoms with Crippen LogP contribution in [0.5, 0.6) is 5.75 Å². The van der Waals surface area contributed by atoms with E-state index in [4.69, 9.17) is 4.74 Å². The van der Waals surface area contributed by atoms with E-state index in [-0.39, 0.29) is 17.9 Å². The number of amides is 2. The van der Waals surface area contributed by atoms with Crippen LogP contribution in [0.15, 0.2) is 24.3 Å². The molecule has 1 fully saturated rings. The van der Waals surface area contributed by atoms with Crippen LogP contribution in [0.25, 0.3) is 0 Å². The Balaban J connectivity index is 1.90. The van der Waals surface area contributed by atoms with Crippen molar-refractivity contribution in [3.05, 3.63) is 29.8 Å². The third-order valence-electron chi connectivity index (χ3n) is 3.03. The van der Waals surface area contributed by atoms with Gasteiger partial charge in [0.2, 0.25) is 5.91 Å². The summed E-state index contributed by atoms with van der Waals surface area (Å²) in [5.41, 5.74) is 0.598. The first-order valence-corrected chi connectivity index (χ1v) is 6.49. The van der Waals surface area contributed by atoms with Crippen LogP contribution in [0.1, 0.15) is 30.1 Å². The number of hydrogen-bond donors (Lipinski definition) is 2. The van der Waals surface area contributed by atoms with Gasteiger partial charge in [0.05, 0.1) is 6.61 Å². The molecule has 1 atom stereocenters. The van der Waals surface area contributed by atoms with Crippen molar-refractivity contribution in [3.63, 3.8) is 0 Å². The summed E-state index contributed by atoms with van der Waals surface area (Å²) in [5.74, 6) is 0.680. The van der Waals surface area contributed by atoms with Crippen LogP contribution in [0.2, 0.25) is 0 Å². The van der Waals surface area contributed by atoms with Gasteiger partial charge in [0.15, 0.2) is 0 Å². The van der Waals surface area contributed by atoms with E-state index in [2.05, 4.69) is 10.6 Å². The molecule has 1 unspecified atom stereocenters. The Bertz CT molecular complexity index is 446. The summed E-state index contributed by atoms with van der Waals surface area (Å²) in [6.45, 7) is 3.02. The lowest BCUT2D eigenvalue weighted by Gasteiger charge is -2.23. The normalized spacial score (nSPS) is 18.6. The first kappa shape index (κ1) is 13.4. The number of ether oxygens (including phenoxy) is 1. The van der Waals surface area contributed by atoms with Gasteiger partial charge in [-0.25, -0.2) is 0 Å². The fraction of sp³-hybridized carbons (Fsp3) is 0.429. The van der Waals surface area contributed by atoms with Crippen LogP contribution in [0.4, 0.5) is 0 Å². The largest absolute Gasteiger partial charge is 0.494 e. The fourth-order valence-corrected chi connectivity index (χ4v) is 1.99. The summed E-state index contributed by atoms with van der Waals surface area (Å²) < 4.78 is 5.32. The molecule has 0 aliphatic carbocycles. The van der Waals surface area contributed by atoms with Gasteiger partial charge in [-0.1, -0.05) is 0 Å². The highest BCUT2D eigenvalue weighted by Crippen LogP contribution is 2.12. The first-order chi connectivity index (χ1) is 9.19. The average molecular weight is 262 g/mol. The molecule has 5 nitrogen and oxygen atoms in total. The van der Waals surface area contributed by atoms with E-state index in [0.717, 1.165) is 5.75 Å². The Morgan fingerprint density at radius 3 is 2.74 bits per heavy atom. The number of benzene rings is 1. The van der Waals surface area contributed by atoms with Gasteiger partial charge < -0.3 is 15.4 Å². The highest BCUT2D eigenvalue weighted by molar-refractivity contribution is 5.94. The lowest BCUT2D eigenvalue weighted by molar-refractivity contribution is -0.122. The van der Waals surface area contributed by atoms with Gasteiger partial charge in [-0.2, -0.15) is 0 Å². The molecule has 2 amide bonds. The third-order valence-corrected chi connectivity index (χ3v) is 3.03. The van der Waals surface area contributed by atoms with E-state index >= 15 is 0 Å². The summed E-state index contributed by atoms with van der Waals surface area (Å²) in [7, 11) is 0. The molecule has 0 spiro atoms. The van der Waals surface area contributed by atoms with Gasteiger partial charge in [-0.05, 0) is 37.6 Å². The van der Waals surface area contributed by atoms with E-state index in [1.165, 1.54) is 0 Å². The van der Waals surface area contributed by atoms with E-state index in [1.807, 2.05) is 6.92 Å². The molecule has 1 heterocycles. The van der Waals surface area contributed by atoms with Crippen molar-refractivity contribution < 1.29 is 14.3 Å². The monoisotopic (exact) mass is 262 g/mol. The van der Waals surface area contributed by atoms with Crippen molar-refractivity contribution in [2.75, 3.05) is 13.2 Å². The molecule has 1 aromatic rings. The molecule has 0 radical (unpaired) electrons. The molecule has 19 heavy (non-hydrogen) atoms. The molecular formula is C14H18N2O3. The molecule has 0 aromatic heterocycles. The quantitative estimate of drug-likeness (QED) is 0.853. The second-order valence-electron chi connectivity index (χ2n) is 4.47. The lowest BCUT2D eigenvalue weighted by Crippen LogP contribution is -2.47. The molecular weight excluding hydrogens is 244 g/mol. The van der Waals surface area contributed by atoms with Crippen molar-refractivity contribution in [2.24, 2.45) is 0 Å². The van der Waals surface area contributed by atoms with Gasteiger partial charge in [0.1, 0.15) is 5.75 Å². The minimum absolute atomic E-state index is 0.0109. The second-order valence-corrected chi connectivity index (χ2v) is 4.47. The van der Waals surface area contributed by atoms with Crippen LogP contribution >= 0.6 is 0 Å². The molecule has 102 valence electrons. The van der Waals surface area contributed by atoms with Crippen LogP contribution in [0, 0.1) is 0 Å². The summed E-state index contributed by atoms with van der Waals surface area (Å²) in [4.78, 5) is 23.0. The predicted molar refractivity (Wildman–Crippen MR) is 71.1 cm³/mol. The molecule has 0 bridgehead atoms. The van der Waals surface area contributed by atoms with Gasteiger partial charge >= 0.3 is 0 Å². The van der Waals surface area contributed by atoms with Crippen molar-refractivity contribution >= 4 is 11.8 Å². The molecule has 1 aliphatic rings. The molecule has 2 rings (SSSR count). The zero-order chi connectivity index (χ0) is 13.7. The zero-order valence-corrected chi connectivity index (χ0v) is 10.9. The molecule has 0 saturated carbocycles. The topological polar surface area (TPSA) is 67.4 Å². The van der Waals surface area contributed by atoms with E-state index in [0.29, 0.717) is 31.6 Å². The Kier molecular flexibility index (Phi) is 4.39. The summed E-state index contributed by atoms with van der Waals surface area (Å²) >= 11 is 0. The Morgan fingerprint density at radius 2 is 2.16 bits per heavy atom. The highest BCUT2D eigenvalue weighted by Gasteiger charge is 2.19. The van der Waals surface area contributed by atoms with Crippen molar-refractivity contribution in [3.8, 4) is 5.75 Å². The number of piperidine rings is 1. The molecule has 1 aliphatic heterocycles. The first-order valence-electron chi connectivity index (χ1n) is 6.49. The van der Waals surface area contributed by atoms with Crippen LogP contribution < -0.4 is 15.4 Å². The summed E-state index contributed by atoms with van der Waals surface area (Å²) in [6, 6.07) is 7.04. The molecule has 1 aromatic carbocycles. The number of carbonyl (C=O) groups is 2. The number of nitrogens with one attached hydrogen (secondary N) is 2.